The van der Waals surface area contributed by atoms with Crippen LogP contribution < -0.4 is 5.73 Å². The van der Waals surface area contributed by atoms with Gasteiger partial charge in [-0.3, -0.25) is 4.90 Å². The van der Waals surface area contributed by atoms with Gasteiger partial charge in [-0.2, -0.15) is 0 Å². The Labute approximate surface area is 94.2 Å². The molecule has 2 fully saturated rings. The minimum Gasteiger partial charge on any atom is -0.330 e. The number of nitrogens with two attached hydrogens (primary N) is 1. The molecule has 1 saturated heterocycles. The highest BCUT2D eigenvalue weighted by molar-refractivity contribution is 4.90. The number of rotatable bonds is 3. The maximum Gasteiger partial charge on any atom is 0.0138 e. The third-order valence-electron chi connectivity index (χ3n) is 4.49. The quantitative estimate of drug-likeness (QED) is 0.775. The largest absolute Gasteiger partial charge is 0.330 e. The molecule has 2 nitrogen and oxygen atoms in total. The van der Waals surface area contributed by atoms with Crippen molar-refractivity contribution in [3.8, 4) is 0 Å². The molecule has 1 saturated carbocycles. The van der Waals surface area contributed by atoms with Gasteiger partial charge in [-0.15, -0.1) is 0 Å². The normalized spacial score (nSPS) is 38.4. The zero-order valence-electron chi connectivity index (χ0n) is 10.1. The van der Waals surface area contributed by atoms with E-state index in [9.17, 15) is 0 Å². The van der Waals surface area contributed by atoms with Gasteiger partial charge in [-0.1, -0.05) is 19.8 Å². The van der Waals surface area contributed by atoms with E-state index >= 15 is 0 Å². The van der Waals surface area contributed by atoms with Crippen molar-refractivity contribution in [3.05, 3.63) is 0 Å². The Morgan fingerprint density at radius 1 is 1.13 bits per heavy atom. The van der Waals surface area contributed by atoms with Gasteiger partial charge >= 0.3 is 0 Å². The van der Waals surface area contributed by atoms with Gasteiger partial charge in [-0.05, 0) is 51.1 Å². The highest BCUT2D eigenvalue weighted by atomic mass is 15.2. The fourth-order valence-electron chi connectivity index (χ4n) is 3.63. The molecule has 3 atom stereocenters. The summed E-state index contributed by atoms with van der Waals surface area (Å²) in [6, 6.07) is 1.68. The molecular formula is C13H26N2. The van der Waals surface area contributed by atoms with Crippen molar-refractivity contribution in [1.29, 1.82) is 0 Å². The maximum atomic E-state index is 5.89. The molecule has 0 aromatic carbocycles. The molecule has 3 unspecified atom stereocenters. The van der Waals surface area contributed by atoms with Crippen LogP contribution in [0.5, 0.6) is 0 Å². The van der Waals surface area contributed by atoms with Crippen LogP contribution in [0.25, 0.3) is 0 Å². The van der Waals surface area contributed by atoms with E-state index in [1.165, 1.54) is 51.5 Å². The second-order valence-corrected chi connectivity index (χ2v) is 5.29. The van der Waals surface area contributed by atoms with Crippen molar-refractivity contribution in [1.82, 2.24) is 4.90 Å². The molecule has 1 aliphatic heterocycles. The summed E-state index contributed by atoms with van der Waals surface area (Å²) in [4.78, 5) is 2.80. The first-order valence-corrected chi connectivity index (χ1v) is 6.82. The zero-order valence-corrected chi connectivity index (χ0v) is 10.1. The van der Waals surface area contributed by atoms with Crippen LogP contribution in [0, 0.1) is 5.92 Å². The second-order valence-electron chi connectivity index (χ2n) is 5.29. The van der Waals surface area contributed by atoms with Crippen LogP contribution in [0.3, 0.4) is 0 Å². The topological polar surface area (TPSA) is 29.3 Å². The number of hydrogen-bond donors (Lipinski definition) is 1. The zero-order chi connectivity index (χ0) is 10.7. The Kier molecular flexibility index (Phi) is 4.04. The van der Waals surface area contributed by atoms with E-state index in [2.05, 4.69) is 11.8 Å². The fraction of sp³-hybridized carbons (Fsp3) is 1.00. The molecular weight excluding hydrogens is 184 g/mol. The maximum absolute atomic E-state index is 5.89. The smallest absolute Gasteiger partial charge is 0.0138 e. The number of likely N-dealkylation sites (tertiary alicyclic amines) is 1. The molecule has 88 valence electrons. The van der Waals surface area contributed by atoms with Crippen molar-refractivity contribution in [2.45, 2.75) is 64.0 Å². The molecule has 2 heteroatoms. The van der Waals surface area contributed by atoms with Crippen LogP contribution in [0.4, 0.5) is 0 Å². The highest BCUT2D eigenvalue weighted by Crippen LogP contribution is 2.33. The summed E-state index contributed by atoms with van der Waals surface area (Å²) in [6.45, 7) is 4.58. The lowest BCUT2D eigenvalue weighted by molar-refractivity contribution is 0.0725. The molecule has 0 aromatic rings. The minimum absolute atomic E-state index is 0.789. The third-order valence-corrected chi connectivity index (χ3v) is 4.49. The van der Waals surface area contributed by atoms with Gasteiger partial charge in [0.1, 0.15) is 0 Å². The molecule has 15 heavy (non-hydrogen) atoms. The Morgan fingerprint density at radius 3 is 2.73 bits per heavy atom. The van der Waals surface area contributed by atoms with Gasteiger partial charge in [0.15, 0.2) is 0 Å². The lowest BCUT2D eigenvalue weighted by Crippen LogP contribution is -2.48. The fourth-order valence-corrected chi connectivity index (χ4v) is 3.63. The average molecular weight is 210 g/mol. The first-order chi connectivity index (χ1) is 7.36. The van der Waals surface area contributed by atoms with E-state index in [4.69, 9.17) is 5.73 Å². The molecule has 1 aliphatic carbocycles. The Hall–Kier alpha value is -0.0800. The SMILES string of the molecule is CCC1CCCCN1C1CCCC1CN. The van der Waals surface area contributed by atoms with E-state index in [0.717, 1.165) is 24.5 Å². The van der Waals surface area contributed by atoms with Crippen molar-refractivity contribution in [2.24, 2.45) is 11.7 Å². The summed E-state index contributed by atoms with van der Waals surface area (Å²) in [5.74, 6) is 0.789. The average Bonchev–Trinajstić information content (AvgIpc) is 2.76. The summed E-state index contributed by atoms with van der Waals surface area (Å²) in [5, 5.41) is 0. The number of piperidine rings is 1. The minimum atomic E-state index is 0.789. The Balaban J connectivity index is 1.99. The van der Waals surface area contributed by atoms with E-state index in [1.807, 2.05) is 0 Å². The van der Waals surface area contributed by atoms with E-state index in [-0.39, 0.29) is 0 Å². The van der Waals surface area contributed by atoms with Crippen LogP contribution in [-0.2, 0) is 0 Å². The molecule has 2 N–H and O–H groups in total. The van der Waals surface area contributed by atoms with Crippen molar-refractivity contribution in [3.63, 3.8) is 0 Å². The van der Waals surface area contributed by atoms with Gasteiger partial charge in [-0.25, -0.2) is 0 Å². The van der Waals surface area contributed by atoms with Gasteiger partial charge in [0.25, 0.3) is 0 Å². The highest BCUT2D eigenvalue weighted by Gasteiger charge is 2.35. The molecule has 2 rings (SSSR count). The monoisotopic (exact) mass is 210 g/mol. The van der Waals surface area contributed by atoms with Crippen molar-refractivity contribution >= 4 is 0 Å². The first kappa shape index (κ1) is 11.4. The van der Waals surface area contributed by atoms with Crippen molar-refractivity contribution in [2.75, 3.05) is 13.1 Å². The molecule has 0 radical (unpaired) electrons. The summed E-state index contributed by atoms with van der Waals surface area (Å²) < 4.78 is 0. The lowest BCUT2D eigenvalue weighted by Gasteiger charge is -2.41. The van der Waals surface area contributed by atoms with Crippen molar-refractivity contribution < 1.29 is 0 Å². The number of hydrogen-bond acceptors (Lipinski definition) is 2. The predicted octanol–water partition coefficient (Wildman–Crippen LogP) is 2.38. The van der Waals surface area contributed by atoms with E-state index < -0.39 is 0 Å². The van der Waals surface area contributed by atoms with Crippen LogP contribution >= 0.6 is 0 Å². The summed E-state index contributed by atoms with van der Waals surface area (Å²) in [6.07, 6.45) is 9.77. The Morgan fingerprint density at radius 2 is 2.00 bits per heavy atom. The molecule has 0 amide bonds. The molecule has 1 heterocycles. The van der Waals surface area contributed by atoms with Gasteiger partial charge in [0.05, 0.1) is 0 Å². The summed E-state index contributed by atoms with van der Waals surface area (Å²) in [5.41, 5.74) is 5.89. The summed E-state index contributed by atoms with van der Waals surface area (Å²) in [7, 11) is 0. The predicted molar refractivity (Wildman–Crippen MR) is 64.8 cm³/mol. The van der Waals surface area contributed by atoms with Gasteiger partial charge in [0.2, 0.25) is 0 Å². The standard InChI is InChI=1S/C13H26N2/c1-2-12-7-3-4-9-15(12)13-8-5-6-11(13)10-14/h11-13H,2-10,14H2,1H3. The molecule has 0 aromatic heterocycles. The van der Waals surface area contributed by atoms with Crippen LogP contribution in [-0.4, -0.2) is 30.1 Å². The van der Waals surface area contributed by atoms with Crippen LogP contribution in [0.2, 0.25) is 0 Å². The Bertz CT molecular complexity index is 193. The summed E-state index contributed by atoms with van der Waals surface area (Å²) >= 11 is 0. The van der Waals surface area contributed by atoms with E-state index in [0.29, 0.717) is 0 Å². The molecule has 2 aliphatic rings. The number of nitrogens with zero attached hydrogens (tertiary/aromatic N) is 1. The first-order valence-electron chi connectivity index (χ1n) is 6.82. The third kappa shape index (κ3) is 2.36. The lowest BCUT2D eigenvalue weighted by atomic mass is 9.93. The van der Waals surface area contributed by atoms with Gasteiger partial charge in [0, 0.05) is 12.1 Å². The van der Waals surface area contributed by atoms with Crippen LogP contribution in [0.1, 0.15) is 51.9 Å². The van der Waals surface area contributed by atoms with Gasteiger partial charge < -0.3 is 5.73 Å². The second kappa shape index (κ2) is 5.31. The molecule has 0 spiro atoms. The van der Waals surface area contributed by atoms with Crippen LogP contribution in [0.15, 0.2) is 0 Å². The van der Waals surface area contributed by atoms with E-state index in [1.54, 1.807) is 0 Å². The molecule has 0 bridgehead atoms.